The van der Waals surface area contributed by atoms with Gasteiger partial charge in [0.05, 0.1) is 17.9 Å². The number of nitrogens with one attached hydrogen (secondary N) is 1. The Kier molecular flexibility index (Phi) is 4.02. The highest BCUT2D eigenvalue weighted by Crippen LogP contribution is 2.18. The smallest absolute Gasteiger partial charge is 0.255 e. The lowest BCUT2D eigenvalue weighted by atomic mass is 10.1. The van der Waals surface area contributed by atoms with Crippen LogP contribution in [0.1, 0.15) is 40.4 Å². The minimum absolute atomic E-state index is 0.0889. The highest BCUT2D eigenvalue weighted by Gasteiger charge is 2.16. The molecule has 0 saturated carbocycles. The predicted molar refractivity (Wildman–Crippen MR) is 87.6 cm³/mol. The summed E-state index contributed by atoms with van der Waals surface area (Å²) in [5, 5.41) is 3.00. The second kappa shape index (κ2) is 6.12. The standard InChI is InChI=1S/C18H19N3O2/c1-12-10-17(14(3)23-12)18(22)20-13(2)15-4-6-16(7-5-15)21-9-8-19-11-21/h4-11,13H,1-3H3,(H,20,22)/t13-/m1/s1. The average Bonchev–Trinajstić information content (AvgIpc) is 3.17. The first-order chi connectivity index (χ1) is 11.0. The molecule has 2 heterocycles. The maximum Gasteiger partial charge on any atom is 0.255 e. The Bertz CT molecular complexity index is 801. The Morgan fingerprint density at radius 1 is 1.26 bits per heavy atom. The van der Waals surface area contributed by atoms with Crippen LogP contribution in [0.4, 0.5) is 0 Å². The molecule has 118 valence electrons. The summed E-state index contributed by atoms with van der Waals surface area (Å²) < 4.78 is 7.35. The number of hydrogen-bond acceptors (Lipinski definition) is 3. The Hall–Kier alpha value is -2.82. The lowest BCUT2D eigenvalue weighted by Crippen LogP contribution is -2.26. The molecule has 0 fully saturated rings. The SMILES string of the molecule is Cc1cc(C(=O)N[C@H](C)c2ccc(-n3ccnc3)cc2)c(C)o1. The molecule has 1 amide bonds. The third kappa shape index (κ3) is 3.18. The van der Waals surface area contributed by atoms with E-state index >= 15 is 0 Å². The molecular weight excluding hydrogens is 290 g/mol. The molecule has 1 atom stereocenters. The van der Waals surface area contributed by atoms with Gasteiger partial charge >= 0.3 is 0 Å². The molecule has 5 heteroatoms. The normalized spacial score (nSPS) is 12.1. The van der Waals surface area contributed by atoms with Crippen LogP contribution in [-0.4, -0.2) is 15.5 Å². The van der Waals surface area contributed by atoms with Crippen LogP contribution in [0.15, 0.2) is 53.5 Å². The van der Waals surface area contributed by atoms with Gasteiger partial charge in [0.25, 0.3) is 5.91 Å². The van der Waals surface area contributed by atoms with Crippen LogP contribution in [-0.2, 0) is 0 Å². The van der Waals surface area contributed by atoms with Gasteiger partial charge in [0, 0.05) is 18.1 Å². The first kappa shape index (κ1) is 15.1. The summed E-state index contributed by atoms with van der Waals surface area (Å²) in [6.45, 7) is 5.60. The van der Waals surface area contributed by atoms with Gasteiger partial charge in [-0.2, -0.15) is 0 Å². The van der Waals surface area contributed by atoms with E-state index in [0.29, 0.717) is 11.3 Å². The number of furan rings is 1. The first-order valence-corrected chi connectivity index (χ1v) is 7.51. The van der Waals surface area contributed by atoms with Gasteiger partial charge in [-0.05, 0) is 44.5 Å². The van der Waals surface area contributed by atoms with Crippen molar-refractivity contribution in [2.24, 2.45) is 0 Å². The number of nitrogens with zero attached hydrogens (tertiary/aromatic N) is 2. The molecular formula is C18H19N3O2. The molecule has 5 nitrogen and oxygen atoms in total. The lowest BCUT2D eigenvalue weighted by molar-refractivity contribution is 0.0938. The van der Waals surface area contributed by atoms with E-state index in [9.17, 15) is 4.79 Å². The van der Waals surface area contributed by atoms with Gasteiger partial charge < -0.3 is 14.3 Å². The second-order valence-corrected chi connectivity index (χ2v) is 5.58. The van der Waals surface area contributed by atoms with Crippen LogP contribution in [0.2, 0.25) is 0 Å². The molecule has 23 heavy (non-hydrogen) atoms. The molecule has 0 saturated heterocycles. The van der Waals surface area contributed by atoms with Crippen molar-refractivity contribution in [3.05, 3.63) is 71.7 Å². The number of rotatable bonds is 4. The molecule has 0 aliphatic carbocycles. The Morgan fingerprint density at radius 3 is 2.57 bits per heavy atom. The van der Waals surface area contributed by atoms with Crippen molar-refractivity contribution in [3.8, 4) is 5.69 Å². The van der Waals surface area contributed by atoms with E-state index in [0.717, 1.165) is 17.0 Å². The number of amides is 1. The zero-order valence-corrected chi connectivity index (χ0v) is 13.4. The summed E-state index contributed by atoms with van der Waals surface area (Å²) in [6, 6.07) is 9.70. The first-order valence-electron chi connectivity index (χ1n) is 7.51. The summed E-state index contributed by atoms with van der Waals surface area (Å²) in [7, 11) is 0. The van der Waals surface area contributed by atoms with Crippen molar-refractivity contribution < 1.29 is 9.21 Å². The molecule has 0 bridgehead atoms. The minimum atomic E-state index is -0.120. The number of aromatic nitrogens is 2. The summed E-state index contributed by atoms with van der Waals surface area (Å²) in [5.74, 6) is 1.26. The van der Waals surface area contributed by atoms with Crippen LogP contribution in [0.25, 0.3) is 5.69 Å². The van der Waals surface area contributed by atoms with E-state index in [4.69, 9.17) is 4.42 Å². The maximum absolute atomic E-state index is 12.3. The van der Waals surface area contributed by atoms with Crippen molar-refractivity contribution in [1.82, 2.24) is 14.9 Å². The molecule has 3 aromatic rings. The van der Waals surface area contributed by atoms with Crippen LogP contribution in [0.5, 0.6) is 0 Å². The van der Waals surface area contributed by atoms with Crippen LogP contribution < -0.4 is 5.32 Å². The number of hydrogen-bond donors (Lipinski definition) is 1. The topological polar surface area (TPSA) is 60.1 Å². The van der Waals surface area contributed by atoms with Crippen molar-refractivity contribution in [2.45, 2.75) is 26.8 Å². The highest BCUT2D eigenvalue weighted by atomic mass is 16.3. The maximum atomic E-state index is 12.3. The summed E-state index contributed by atoms with van der Waals surface area (Å²) in [6.07, 6.45) is 5.39. The molecule has 0 aliphatic heterocycles. The van der Waals surface area contributed by atoms with Gasteiger partial charge in [0.1, 0.15) is 11.5 Å². The van der Waals surface area contributed by atoms with Gasteiger partial charge in [-0.3, -0.25) is 4.79 Å². The second-order valence-electron chi connectivity index (χ2n) is 5.58. The summed E-state index contributed by atoms with van der Waals surface area (Å²) in [4.78, 5) is 16.4. The number of carbonyl (C=O) groups is 1. The molecule has 0 unspecified atom stereocenters. The van der Waals surface area contributed by atoms with Gasteiger partial charge in [-0.25, -0.2) is 4.98 Å². The van der Waals surface area contributed by atoms with Crippen LogP contribution in [0, 0.1) is 13.8 Å². The number of aryl methyl sites for hydroxylation is 2. The zero-order chi connectivity index (χ0) is 16.4. The fourth-order valence-corrected chi connectivity index (χ4v) is 2.56. The van der Waals surface area contributed by atoms with Gasteiger partial charge in [-0.1, -0.05) is 12.1 Å². The summed E-state index contributed by atoms with van der Waals surface area (Å²) in [5.41, 5.74) is 2.66. The molecule has 1 N–H and O–H groups in total. The average molecular weight is 309 g/mol. The highest BCUT2D eigenvalue weighted by molar-refractivity contribution is 5.95. The fraction of sp³-hybridized carbons (Fsp3) is 0.222. The molecule has 0 radical (unpaired) electrons. The van der Waals surface area contributed by atoms with Crippen molar-refractivity contribution in [3.63, 3.8) is 0 Å². The fourth-order valence-electron chi connectivity index (χ4n) is 2.56. The van der Waals surface area contributed by atoms with E-state index in [-0.39, 0.29) is 11.9 Å². The third-order valence-electron chi connectivity index (χ3n) is 3.83. The lowest BCUT2D eigenvalue weighted by Gasteiger charge is -2.14. The van der Waals surface area contributed by atoms with Crippen LogP contribution >= 0.6 is 0 Å². The van der Waals surface area contributed by atoms with Gasteiger partial charge in [0.2, 0.25) is 0 Å². The number of imidazole rings is 1. The van der Waals surface area contributed by atoms with Crippen molar-refractivity contribution >= 4 is 5.91 Å². The quantitative estimate of drug-likeness (QED) is 0.801. The van der Waals surface area contributed by atoms with Crippen LogP contribution in [0.3, 0.4) is 0 Å². The monoisotopic (exact) mass is 309 g/mol. The largest absolute Gasteiger partial charge is 0.466 e. The van der Waals surface area contributed by atoms with E-state index in [2.05, 4.69) is 10.3 Å². The van der Waals surface area contributed by atoms with E-state index < -0.39 is 0 Å². The molecule has 1 aromatic carbocycles. The van der Waals surface area contributed by atoms with Crippen molar-refractivity contribution in [1.29, 1.82) is 0 Å². The molecule has 3 rings (SSSR count). The number of benzene rings is 1. The minimum Gasteiger partial charge on any atom is -0.466 e. The predicted octanol–water partition coefficient (Wildman–Crippen LogP) is 3.57. The molecule has 2 aromatic heterocycles. The Balaban J connectivity index is 1.72. The molecule has 0 spiro atoms. The Morgan fingerprint density at radius 2 is 2.00 bits per heavy atom. The zero-order valence-electron chi connectivity index (χ0n) is 13.4. The Labute approximate surface area is 135 Å². The third-order valence-corrected chi connectivity index (χ3v) is 3.83. The number of carbonyl (C=O) groups excluding carboxylic acids is 1. The van der Waals surface area contributed by atoms with E-state index in [1.807, 2.05) is 48.9 Å². The van der Waals surface area contributed by atoms with Gasteiger partial charge in [-0.15, -0.1) is 0 Å². The van der Waals surface area contributed by atoms with Gasteiger partial charge in [0.15, 0.2) is 0 Å². The van der Waals surface area contributed by atoms with E-state index in [1.165, 1.54) is 0 Å². The molecule has 0 aliphatic rings. The van der Waals surface area contributed by atoms with Crippen molar-refractivity contribution in [2.75, 3.05) is 0 Å². The van der Waals surface area contributed by atoms with E-state index in [1.54, 1.807) is 25.5 Å². The summed E-state index contributed by atoms with van der Waals surface area (Å²) >= 11 is 0.